The lowest BCUT2D eigenvalue weighted by molar-refractivity contribution is -0.148. The van der Waals surface area contributed by atoms with Gasteiger partial charge in [-0.2, -0.15) is 0 Å². The molecular formula is C12H20FNO4. The first kappa shape index (κ1) is 14.7. The van der Waals surface area contributed by atoms with Crippen LogP contribution in [0.25, 0.3) is 0 Å². The highest BCUT2D eigenvalue weighted by Gasteiger charge is 2.37. The fourth-order valence-electron chi connectivity index (χ4n) is 1.82. The second kappa shape index (κ2) is 5.54. The quantitative estimate of drug-likeness (QED) is 0.711. The molecule has 0 saturated carbocycles. The van der Waals surface area contributed by atoms with Crippen LogP contribution in [0.4, 0.5) is 9.18 Å². The van der Waals surface area contributed by atoms with Gasteiger partial charge in [-0.05, 0) is 27.2 Å². The van der Waals surface area contributed by atoms with Crippen molar-refractivity contribution in [2.75, 3.05) is 20.2 Å². The molecule has 104 valence electrons. The largest absolute Gasteiger partial charge is 0.467 e. The van der Waals surface area contributed by atoms with E-state index in [-0.39, 0.29) is 6.54 Å². The van der Waals surface area contributed by atoms with Gasteiger partial charge in [0.25, 0.3) is 0 Å². The van der Waals surface area contributed by atoms with Crippen molar-refractivity contribution in [2.24, 2.45) is 5.92 Å². The number of esters is 1. The molecule has 1 saturated heterocycles. The van der Waals surface area contributed by atoms with E-state index in [9.17, 15) is 14.0 Å². The Balaban J connectivity index is 2.51. The van der Waals surface area contributed by atoms with Gasteiger partial charge in [0.15, 0.2) is 0 Å². The Hall–Kier alpha value is -1.33. The monoisotopic (exact) mass is 261 g/mol. The van der Waals surface area contributed by atoms with E-state index < -0.39 is 29.8 Å². The molecule has 1 fully saturated rings. The van der Waals surface area contributed by atoms with Gasteiger partial charge in [-0.1, -0.05) is 0 Å². The summed E-state index contributed by atoms with van der Waals surface area (Å²) in [5.74, 6) is -1.39. The highest BCUT2D eigenvalue weighted by molar-refractivity contribution is 5.75. The Morgan fingerprint density at radius 3 is 2.50 bits per heavy atom. The Kier molecular flexibility index (Phi) is 4.53. The molecule has 18 heavy (non-hydrogen) atoms. The summed E-state index contributed by atoms with van der Waals surface area (Å²) in [6.07, 6.45) is -1.71. The second-order valence-electron chi connectivity index (χ2n) is 5.40. The molecule has 0 aliphatic carbocycles. The average Bonchev–Trinajstić information content (AvgIpc) is 2.73. The maximum atomic E-state index is 13.6. The van der Waals surface area contributed by atoms with Crippen molar-refractivity contribution in [3.8, 4) is 0 Å². The van der Waals surface area contributed by atoms with Gasteiger partial charge in [0.2, 0.25) is 6.17 Å². The third-order valence-corrected chi connectivity index (χ3v) is 2.72. The minimum Gasteiger partial charge on any atom is -0.467 e. The lowest BCUT2D eigenvalue weighted by Gasteiger charge is -2.24. The molecule has 1 aliphatic rings. The van der Waals surface area contributed by atoms with Gasteiger partial charge in [-0.25, -0.2) is 14.0 Å². The number of methoxy groups -OCH3 is 1. The maximum absolute atomic E-state index is 13.6. The molecule has 1 rings (SSSR count). The van der Waals surface area contributed by atoms with E-state index >= 15 is 0 Å². The van der Waals surface area contributed by atoms with Crippen molar-refractivity contribution in [1.29, 1.82) is 0 Å². The number of likely N-dealkylation sites (tertiary alicyclic amines) is 1. The Labute approximate surface area is 106 Å². The Morgan fingerprint density at radius 2 is 2.00 bits per heavy atom. The molecule has 0 aromatic rings. The van der Waals surface area contributed by atoms with Gasteiger partial charge in [-0.15, -0.1) is 0 Å². The van der Waals surface area contributed by atoms with Gasteiger partial charge >= 0.3 is 12.1 Å². The minimum atomic E-state index is -1.68. The molecule has 1 amide bonds. The van der Waals surface area contributed by atoms with E-state index in [4.69, 9.17) is 4.74 Å². The van der Waals surface area contributed by atoms with Gasteiger partial charge in [0.05, 0.1) is 7.11 Å². The number of alkyl halides is 1. The van der Waals surface area contributed by atoms with Crippen LogP contribution in [0.1, 0.15) is 27.2 Å². The smallest absolute Gasteiger partial charge is 0.410 e. The normalized spacial score (nSPS) is 21.6. The zero-order valence-corrected chi connectivity index (χ0v) is 11.2. The summed E-state index contributed by atoms with van der Waals surface area (Å²) in [5, 5.41) is 0. The molecule has 0 spiro atoms. The van der Waals surface area contributed by atoms with E-state index in [0.717, 1.165) is 7.11 Å². The SMILES string of the molecule is COC(=O)C(F)C1CCN(C(=O)OC(C)(C)C)C1. The molecule has 0 radical (unpaired) electrons. The second-order valence-corrected chi connectivity index (χ2v) is 5.40. The highest BCUT2D eigenvalue weighted by Crippen LogP contribution is 2.24. The number of nitrogens with zero attached hydrogens (tertiary/aromatic N) is 1. The third-order valence-electron chi connectivity index (χ3n) is 2.72. The van der Waals surface area contributed by atoms with E-state index in [1.165, 1.54) is 4.90 Å². The summed E-state index contributed by atoms with van der Waals surface area (Å²) in [6, 6.07) is 0. The lowest BCUT2D eigenvalue weighted by Crippen LogP contribution is -2.36. The van der Waals surface area contributed by atoms with E-state index in [2.05, 4.69) is 4.74 Å². The van der Waals surface area contributed by atoms with E-state index in [1.807, 2.05) is 0 Å². The number of carbonyl (C=O) groups is 2. The number of carbonyl (C=O) groups excluding carboxylic acids is 2. The number of ether oxygens (including phenoxy) is 2. The first-order valence-corrected chi connectivity index (χ1v) is 5.94. The molecule has 0 N–H and O–H groups in total. The predicted octanol–water partition coefficient (Wildman–Crippen LogP) is 1.75. The number of rotatable bonds is 2. The minimum absolute atomic E-state index is 0.186. The molecule has 1 aliphatic heterocycles. The number of hydrogen-bond acceptors (Lipinski definition) is 4. The molecule has 6 heteroatoms. The van der Waals surface area contributed by atoms with Crippen LogP contribution in [0.5, 0.6) is 0 Å². The van der Waals surface area contributed by atoms with Gasteiger partial charge < -0.3 is 14.4 Å². The van der Waals surface area contributed by atoms with Crippen LogP contribution in [0.3, 0.4) is 0 Å². The van der Waals surface area contributed by atoms with Gasteiger partial charge in [0, 0.05) is 19.0 Å². The van der Waals surface area contributed by atoms with Crippen LogP contribution < -0.4 is 0 Å². The van der Waals surface area contributed by atoms with Crippen LogP contribution in [0, 0.1) is 5.92 Å². The van der Waals surface area contributed by atoms with E-state index in [0.29, 0.717) is 13.0 Å². The van der Waals surface area contributed by atoms with Crippen LogP contribution in [-0.4, -0.2) is 48.9 Å². The van der Waals surface area contributed by atoms with Crippen LogP contribution >= 0.6 is 0 Å². The Morgan fingerprint density at radius 1 is 1.39 bits per heavy atom. The molecule has 2 unspecified atom stereocenters. The molecule has 1 heterocycles. The standard InChI is InChI=1S/C12H20FNO4/c1-12(2,3)18-11(16)14-6-5-8(7-14)9(13)10(15)17-4/h8-9H,5-7H2,1-4H3. The first-order valence-electron chi connectivity index (χ1n) is 5.94. The van der Waals surface area contributed by atoms with Crippen molar-refractivity contribution in [1.82, 2.24) is 4.90 Å². The molecular weight excluding hydrogens is 241 g/mol. The predicted molar refractivity (Wildman–Crippen MR) is 62.8 cm³/mol. The van der Waals surface area contributed by atoms with Crippen LogP contribution in [0.2, 0.25) is 0 Å². The molecule has 0 bridgehead atoms. The summed E-state index contributed by atoms with van der Waals surface area (Å²) in [7, 11) is 1.15. The van der Waals surface area contributed by atoms with Crippen LogP contribution in [0.15, 0.2) is 0 Å². The zero-order chi connectivity index (χ0) is 13.9. The van der Waals surface area contributed by atoms with Crippen molar-refractivity contribution >= 4 is 12.1 Å². The third kappa shape index (κ3) is 3.85. The summed E-state index contributed by atoms with van der Waals surface area (Å²) in [6.45, 7) is 5.89. The first-order chi connectivity index (χ1) is 8.24. The molecule has 0 aromatic carbocycles. The maximum Gasteiger partial charge on any atom is 0.410 e. The van der Waals surface area contributed by atoms with Gasteiger partial charge in [0.1, 0.15) is 5.60 Å². The summed E-state index contributed by atoms with van der Waals surface area (Å²) < 4.78 is 23.2. The molecule has 5 nitrogen and oxygen atoms in total. The van der Waals surface area contributed by atoms with Crippen molar-refractivity contribution in [3.05, 3.63) is 0 Å². The average molecular weight is 261 g/mol. The number of halogens is 1. The fraction of sp³-hybridized carbons (Fsp3) is 0.833. The fourth-order valence-corrected chi connectivity index (χ4v) is 1.82. The number of hydrogen-bond donors (Lipinski definition) is 0. The number of amides is 1. The zero-order valence-electron chi connectivity index (χ0n) is 11.2. The van der Waals surface area contributed by atoms with Crippen molar-refractivity contribution in [2.45, 2.75) is 39.0 Å². The topological polar surface area (TPSA) is 55.8 Å². The molecule has 0 aromatic heterocycles. The summed E-state index contributed by atoms with van der Waals surface area (Å²) >= 11 is 0. The van der Waals surface area contributed by atoms with E-state index in [1.54, 1.807) is 20.8 Å². The highest BCUT2D eigenvalue weighted by atomic mass is 19.1. The van der Waals surface area contributed by atoms with Crippen molar-refractivity contribution < 1.29 is 23.5 Å². The lowest BCUT2D eigenvalue weighted by atomic mass is 10.0. The summed E-state index contributed by atoms with van der Waals surface area (Å²) in [4.78, 5) is 24.2. The molecule has 2 atom stereocenters. The van der Waals surface area contributed by atoms with Crippen molar-refractivity contribution in [3.63, 3.8) is 0 Å². The summed E-state index contributed by atoms with van der Waals surface area (Å²) in [5.41, 5.74) is -0.577. The van der Waals surface area contributed by atoms with Gasteiger partial charge in [-0.3, -0.25) is 0 Å². The Bertz CT molecular complexity index is 327. The van der Waals surface area contributed by atoms with Crippen LogP contribution in [-0.2, 0) is 14.3 Å².